The molecule has 0 spiro atoms. The lowest BCUT2D eigenvalue weighted by molar-refractivity contribution is -0.141. The molecule has 0 heterocycles. The van der Waals surface area contributed by atoms with Gasteiger partial charge >= 0.3 is 5.97 Å². The Morgan fingerprint density at radius 3 is 2.80 bits per heavy atom. The van der Waals surface area contributed by atoms with Crippen LogP contribution in [0.4, 0.5) is 0 Å². The maximum atomic E-state index is 11.2. The van der Waals surface area contributed by atoms with Crippen molar-refractivity contribution in [3.63, 3.8) is 0 Å². The van der Waals surface area contributed by atoms with Crippen LogP contribution in [0.1, 0.15) is 32.6 Å². The fraction of sp³-hybridized carbons (Fsp3) is 0.818. The van der Waals surface area contributed by atoms with Crippen molar-refractivity contribution < 1.29 is 9.53 Å². The molecule has 15 heavy (non-hydrogen) atoms. The minimum absolute atomic E-state index is 0.110. The summed E-state index contributed by atoms with van der Waals surface area (Å²) >= 11 is 1.79. The van der Waals surface area contributed by atoms with Gasteiger partial charge in [0.2, 0.25) is 0 Å². The molecule has 0 amide bonds. The minimum atomic E-state index is -0.110. The molecule has 0 N–H and O–H groups in total. The zero-order chi connectivity index (χ0) is 11.3. The van der Waals surface area contributed by atoms with Crippen molar-refractivity contribution in [2.24, 2.45) is 5.41 Å². The molecular formula is C11H17NO2S. The summed E-state index contributed by atoms with van der Waals surface area (Å²) in [6.45, 7) is 2.06. The Kier molecular flexibility index (Phi) is 4.46. The van der Waals surface area contributed by atoms with Crippen molar-refractivity contribution in [2.75, 3.05) is 12.9 Å². The molecular weight excluding hydrogens is 210 g/mol. The summed E-state index contributed by atoms with van der Waals surface area (Å²) in [6.07, 6.45) is 3.36. The van der Waals surface area contributed by atoms with Crippen LogP contribution in [-0.4, -0.2) is 24.1 Å². The first-order valence-corrected chi connectivity index (χ1v) is 6.22. The minimum Gasteiger partial charge on any atom is -0.469 e. The lowest BCUT2D eigenvalue weighted by Gasteiger charge is -2.15. The van der Waals surface area contributed by atoms with Crippen LogP contribution in [0.5, 0.6) is 0 Å². The van der Waals surface area contributed by atoms with E-state index >= 15 is 0 Å². The monoisotopic (exact) mass is 227 g/mol. The summed E-state index contributed by atoms with van der Waals surface area (Å²) in [7, 11) is 1.43. The molecule has 4 heteroatoms. The number of ether oxygens (including phenoxy) is 1. The Labute approximate surface area is 95.2 Å². The second kappa shape index (κ2) is 5.41. The Hall–Kier alpha value is -0.690. The van der Waals surface area contributed by atoms with Gasteiger partial charge in [-0.1, -0.05) is 6.92 Å². The lowest BCUT2D eigenvalue weighted by Crippen LogP contribution is -2.14. The van der Waals surface area contributed by atoms with E-state index in [0.717, 1.165) is 18.6 Å². The predicted octanol–water partition coefficient (Wildman–Crippen LogP) is 2.37. The molecule has 0 aromatic carbocycles. The highest BCUT2D eigenvalue weighted by Crippen LogP contribution is 2.51. The van der Waals surface area contributed by atoms with Crippen molar-refractivity contribution in [3.8, 4) is 6.07 Å². The Bertz CT molecular complexity index is 268. The molecule has 0 aromatic rings. The number of esters is 1. The fourth-order valence-electron chi connectivity index (χ4n) is 1.43. The van der Waals surface area contributed by atoms with Gasteiger partial charge in [0.05, 0.1) is 19.6 Å². The van der Waals surface area contributed by atoms with Gasteiger partial charge in [0.1, 0.15) is 0 Å². The van der Waals surface area contributed by atoms with Crippen LogP contribution < -0.4 is 0 Å². The standard InChI is InChI=1S/C11H17NO2S/c1-9(3-6-12)15-8-11(4-5-11)7-10(13)14-2/h9H,3-5,7-8H2,1-2H3. The van der Waals surface area contributed by atoms with Crippen LogP contribution in [0.3, 0.4) is 0 Å². The third kappa shape index (κ3) is 4.13. The zero-order valence-corrected chi connectivity index (χ0v) is 10.1. The zero-order valence-electron chi connectivity index (χ0n) is 9.28. The van der Waals surface area contributed by atoms with Crippen molar-refractivity contribution in [1.82, 2.24) is 0 Å². The van der Waals surface area contributed by atoms with E-state index in [4.69, 9.17) is 5.26 Å². The largest absolute Gasteiger partial charge is 0.469 e. The number of hydrogen-bond acceptors (Lipinski definition) is 4. The third-order valence-corrected chi connectivity index (χ3v) is 4.27. The van der Waals surface area contributed by atoms with Crippen LogP contribution in [0, 0.1) is 16.7 Å². The summed E-state index contributed by atoms with van der Waals surface area (Å²) in [5, 5.41) is 8.89. The number of nitrogens with zero attached hydrogens (tertiary/aromatic N) is 1. The maximum absolute atomic E-state index is 11.2. The van der Waals surface area contributed by atoms with Crippen LogP contribution in [-0.2, 0) is 9.53 Å². The number of carbonyl (C=O) groups is 1. The highest BCUT2D eigenvalue weighted by molar-refractivity contribution is 7.99. The van der Waals surface area contributed by atoms with Gasteiger partial charge < -0.3 is 4.74 Å². The number of methoxy groups -OCH3 is 1. The number of carbonyl (C=O) groups excluding carboxylic acids is 1. The number of nitriles is 1. The third-order valence-electron chi connectivity index (χ3n) is 2.76. The lowest BCUT2D eigenvalue weighted by atomic mass is 10.1. The Morgan fingerprint density at radius 2 is 2.33 bits per heavy atom. The first-order valence-electron chi connectivity index (χ1n) is 5.17. The maximum Gasteiger partial charge on any atom is 0.306 e. The molecule has 1 aliphatic carbocycles. The predicted molar refractivity (Wildman–Crippen MR) is 60.5 cm³/mol. The molecule has 1 saturated carbocycles. The second-order valence-corrected chi connectivity index (χ2v) is 5.66. The van der Waals surface area contributed by atoms with E-state index < -0.39 is 0 Å². The molecule has 1 fully saturated rings. The molecule has 1 rings (SSSR count). The molecule has 1 aliphatic rings. The van der Waals surface area contributed by atoms with Gasteiger partial charge in [-0.15, -0.1) is 0 Å². The topological polar surface area (TPSA) is 50.1 Å². The Balaban J connectivity index is 2.26. The van der Waals surface area contributed by atoms with Gasteiger partial charge in [0.15, 0.2) is 0 Å². The van der Waals surface area contributed by atoms with E-state index in [1.807, 2.05) is 0 Å². The van der Waals surface area contributed by atoms with Crippen molar-refractivity contribution in [2.45, 2.75) is 37.9 Å². The van der Waals surface area contributed by atoms with Gasteiger partial charge in [0.25, 0.3) is 0 Å². The van der Waals surface area contributed by atoms with E-state index in [9.17, 15) is 4.79 Å². The molecule has 0 saturated heterocycles. The summed E-state index contributed by atoms with van der Waals surface area (Å²) in [5.74, 6) is 0.867. The number of hydrogen-bond donors (Lipinski definition) is 0. The molecule has 0 aromatic heterocycles. The van der Waals surface area contributed by atoms with Crippen molar-refractivity contribution in [1.29, 1.82) is 5.26 Å². The van der Waals surface area contributed by atoms with E-state index in [2.05, 4.69) is 17.7 Å². The van der Waals surface area contributed by atoms with Gasteiger partial charge in [-0.05, 0) is 24.0 Å². The molecule has 0 bridgehead atoms. The summed E-state index contributed by atoms with van der Waals surface area (Å²) in [5.41, 5.74) is 0.182. The van der Waals surface area contributed by atoms with E-state index in [1.54, 1.807) is 11.8 Å². The van der Waals surface area contributed by atoms with Crippen molar-refractivity contribution in [3.05, 3.63) is 0 Å². The van der Waals surface area contributed by atoms with Crippen LogP contribution in [0.2, 0.25) is 0 Å². The molecule has 1 atom stereocenters. The average Bonchev–Trinajstić information content (AvgIpc) is 2.96. The molecule has 1 unspecified atom stereocenters. The summed E-state index contributed by atoms with van der Waals surface area (Å²) in [6, 6.07) is 2.16. The first-order chi connectivity index (χ1) is 7.12. The highest BCUT2D eigenvalue weighted by Gasteiger charge is 2.44. The summed E-state index contributed by atoms with van der Waals surface area (Å²) < 4.78 is 4.68. The van der Waals surface area contributed by atoms with E-state index in [0.29, 0.717) is 18.1 Å². The SMILES string of the molecule is COC(=O)CC1(CSC(C)CC#N)CC1. The van der Waals surface area contributed by atoms with Crippen molar-refractivity contribution >= 4 is 17.7 Å². The van der Waals surface area contributed by atoms with Gasteiger partial charge in [-0.3, -0.25) is 4.79 Å². The number of rotatable bonds is 6. The quantitative estimate of drug-likeness (QED) is 0.654. The normalized spacial score (nSPS) is 19.0. The molecule has 3 nitrogen and oxygen atoms in total. The Morgan fingerprint density at radius 1 is 1.67 bits per heavy atom. The van der Waals surface area contributed by atoms with Crippen LogP contribution in [0.15, 0.2) is 0 Å². The second-order valence-electron chi connectivity index (χ2n) is 4.24. The van der Waals surface area contributed by atoms with E-state index in [1.165, 1.54) is 7.11 Å². The van der Waals surface area contributed by atoms with Crippen LogP contribution in [0.25, 0.3) is 0 Å². The van der Waals surface area contributed by atoms with Crippen LogP contribution >= 0.6 is 11.8 Å². The van der Waals surface area contributed by atoms with Gasteiger partial charge in [-0.25, -0.2) is 0 Å². The molecule has 0 aliphatic heterocycles. The fourth-order valence-corrected chi connectivity index (χ4v) is 2.65. The molecule has 0 radical (unpaired) electrons. The highest BCUT2D eigenvalue weighted by atomic mass is 32.2. The number of thioether (sulfide) groups is 1. The smallest absolute Gasteiger partial charge is 0.306 e. The van der Waals surface area contributed by atoms with Gasteiger partial charge in [-0.2, -0.15) is 17.0 Å². The molecule has 84 valence electrons. The first kappa shape index (κ1) is 12.4. The van der Waals surface area contributed by atoms with Gasteiger partial charge in [0, 0.05) is 11.7 Å². The van der Waals surface area contributed by atoms with E-state index in [-0.39, 0.29) is 11.4 Å². The summed E-state index contributed by atoms with van der Waals surface area (Å²) in [4.78, 5) is 11.2. The average molecular weight is 227 g/mol.